The minimum atomic E-state index is 0.0240. The summed E-state index contributed by atoms with van der Waals surface area (Å²) in [4.78, 5) is 6.01. The molecule has 0 saturated carbocycles. The fraction of sp³-hybridized carbons (Fsp3) is 0.429. The van der Waals surface area contributed by atoms with E-state index in [-0.39, 0.29) is 15.2 Å². The van der Waals surface area contributed by atoms with Gasteiger partial charge in [-0.15, -0.1) is 0 Å². The first-order valence-electron chi connectivity index (χ1n) is 5.68. The molecule has 1 nitrogen and oxygen atoms in total. The Labute approximate surface area is 101 Å². The van der Waals surface area contributed by atoms with Crippen LogP contribution in [0.5, 0.6) is 0 Å². The topological polar surface area (TPSA) is 12.4 Å². The molecule has 0 bridgehead atoms. The van der Waals surface area contributed by atoms with Crippen LogP contribution in [0.4, 0.5) is 5.69 Å². The monoisotopic (exact) mass is 233 g/mol. The number of benzene rings is 1. The molecule has 1 aromatic rings. The molecule has 0 spiro atoms. The summed E-state index contributed by atoms with van der Waals surface area (Å²) in [6.07, 6.45) is 2.25. The summed E-state index contributed by atoms with van der Waals surface area (Å²) in [5.74, 6) is 4.38. The van der Waals surface area contributed by atoms with Gasteiger partial charge in [0.2, 0.25) is 0 Å². The highest BCUT2D eigenvalue weighted by atomic mass is 32.2. The van der Waals surface area contributed by atoms with E-state index in [0.717, 1.165) is 12.1 Å². The van der Waals surface area contributed by atoms with Crippen molar-refractivity contribution in [1.82, 2.24) is 0 Å². The molecule has 0 radical (unpaired) electrons. The minimum Gasteiger partial charge on any atom is -0.257 e. The van der Waals surface area contributed by atoms with Crippen LogP contribution in [0.1, 0.15) is 33.6 Å². The lowest BCUT2D eigenvalue weighted by Crippen LogP contribution is -2.19. The zero-order chi connectivity index (χ0) is 11.8. The Morgan fingerprint density at radius 1 is 1.31 bits per heavy atom. The third-order valence-corrected chi connectivity index (χ3v) is 5.61. The molecule has 1 aromatic carbocycles. The number of para-hydroxylation sites is 1. The van der Waals surface area contributed by atoms with Crippen molar-refractivity contribution in [2.45, 2.75) is 43.3 Å². The van der Waals surface area contributed by atoms with Crippen LogP contribution in [0.15, 0.2) is 34.2 Å². The molecule has 0 aliphatic carbocycles. The summed E-state index contributed by atoms with van der Waals surface area (Å²) >= 11 is 0. The first-order chi connectivity index (χ1) is 7.50. The SMILES string of the molecule is C=S1c2ccccc2N=C(C)CCC1(C)C. The Morgan fingerprint density at radius 2 is 2.00 bits per heavy atom. The molecule has 1 heterocycles. The summed E-state index contributed by atoms with van der Waals surface area (Å²) in [5, 5.41) is 0. The van der Waals surface area contributed by atoms with Crippen molar-refractivity contribution in [1.29, 1.82) is 0 Å². The van der Waals surface area contributed by atoms with Crippen LogP contribution < -0.4 is 0 Å². The molecule has 1 aliphatic heterocycles. The van der Waals surface area contributed by atoms with E-state index in [1.807, 2.05) is 0 Å². The molecule has 2 heteroatoms. The normalized spacial score (nSPS) is 23.9. The van der Waals surface area contributed by atoms with Crippen molar-refractivity contribution in [3.63, 3.8) is 0 Å². The van der Waals surface area contributed by atoms with Crippen LogP contribution in [0, 0.1) is 0 Å². The molecule has 1 unspecified atom stereocenters. The lowest BCUT2D eigenvalue weighted by Gasteiger charge is -2.31. The highest BCUT2D eigenvalue weighted by Crippen LogP contribution is 2.46. The Bertz CT molecular complexity index is 458. The van der Waals surface area contributed by atoms with Gasteiger partial charge in [0.1, 0.15) is 0 Å². The maximum absolute atomic E-state index is 4.70. The van der Waals surface area contributed by atoms with Crippen molar-refractivity contribution in [3.05, 3.63) is 24.3 Å². The fourth-order valence-electron chi connectivity index (χ4n) is 1.92. The third-order valence-electron chi connectivity index (χ3n) is 3.20. The van der Waals surface area contributed by atoms with E-state index >= 15 is 0 Å². The van der Waals surface area contributed by atoms with Crippen LogP contribution in [0.3, 0.4) is 0 Å². The van der Waals surface area contributed by atoms with Crippen molar-refractivity contribution in [2.24, 2.45) is 4.99 Å². The molecular weight excluding hydrogens is 214 g/mol. The largest absolute Gasteiger partial charge is 0.257 e. The Kier molecular flexibility index (Phi) is 3.02. The predicted molar refractivity (Wildman–Crippen MR) is 75.5 cm³/mol. The van der Waals surface area contributed by atoms with Crippen molar-refractivity contribution in [3.8, 4) is 0 Å². The van der Waals surface area contributed by atoms with Gasteiger partial charge in [-0.05, 0) is 31.9 Å². The minimum absolute atomic E-state index is 0.0240. The van der Waals surface area contributed by atoms with E-state index in [9.17, 15) is 0 Å². The standard InChI is InChI=1S/C14H19NS/c1-11-9-10-14(2,3)16(4)13-8-6-5-7-12(13)15-11/h5-8H,4,9-10H2,1-3H3. The Hall–Kier alpha value is -0.890. The second-order valence-corrected chi connectivity index (χ2v) is 7.29. The van der Waals surface area contributed by atoms with Crippen LogP contribution in [0.2, 0.25) is 0 Å². The van der Waals surface area contributed by atoms with Gasteiger partial charge in [0.15, 0.2) is 0 Å². The first-order valence-corrected chi connectivity index (χ1v) is 7.07. The molecule has 0 saturated heterocycles. The average molecular weight is 233 g/mol. The molecule has 0 N–H and O–H groups in total. The van der Waals surface area contributed by atoms with E-state index in [4.69, 9.17) is 4.99 Å². The van der Waals surface area contributed by atoms with Crippen molar-refractivity contribution in [2.75, 3.05) is 0 Å². The number of rotatable bonds is 0. The smallest absolute Gasteiger partial charge is 0.0759 e. The molecule has 0 aromatic heterocycles. The molecule has 2 rings (SSSR count). The van der Waals surface area contributed by atoms with Gasteiger partial charge >= 0.3 is 0 Å². The zero-order valence-corrected chi connectivity index (χ0v) is 11.1. The van der Waals surface area contributed by atoms with E-state index in [1.54, 1.807) is 0 Å². The van der Waals surface area contributed by atoms with Gasteiger partial charge in [-0.1, -0.05) is 31.9 Å². The maximum Gasteiger partial charge on any atom is 0.0759 e. The molecule has 0 fully saturated rings. The van der Waals surface area contributed by atoms with Crippen LogP contribution in [0.25, 0.3) is 0 Å². The highest BCUT2D eigenvalue weighted by Gasteiger charge is 2.25. The van der Waals surface area contributed by atoms with Crippen molar-refractivity contribution < 1.29 is 0 Å². The van der Waals surface area contributed by atoms with E-state index < -0.39 is 0 Å². The Balaban J connectivity index is 2.59. The van der Waals surface area contributed by atoms with Crippen LogP contribution in [-0.4, -0.2) is 16.3 Å². The van der Waals surface area contributed by atoms with Crippen LogP contribution >= 0.6 is 10.5 Å². The fourth-order valence-corrected chi connectivity index (χ4v) is 3.47. The lowest BCUT2D eigenvalue weighted by molar-refractivity contribution is 0.655. The van der Waals surface area contributed by atoms with Gasteiger partial charge in [0.05, 0.1) is 5.69 Å². The highest BCUT2D eigenvalue weighted by molar-refractivity contribution is 8.15. The summed E-state index contributed by atoms with van der Waals surface area (Å²) < 4.78 is 0.271. The quantitative estimate of drug-likeness (QED) is 0.588. The van der Waals surface area contributed by atoms with E-state index in [1.165, 1.54) is 17.0 Å². The average Bonchev–Trinajstić information content (AvgIpc) is 2.25. The Morgan fingerprint density at radius 3 is 2.75 bits per heavy atom. The lowest BCUT2D eigenvalue weighted by atomic mass is 10.0. The first kappa shape index (κ1) is 11.6. The third kappa shape index (κ3) is 2.12. The molecule has 86 valence electrons. The second-order valence-electron chi connectivity index (χ2n) is 4.97. The molecular formula is C14H19NS. The molecule has 0 amide bonds. The second kappa shape index (κ2) is 4.17. The molecule has 16 heavy (non-hydrogen) atoms. The van der Waals surface area contributed by atoms with Gasteiger partial charge in [0.25, 0.3) is 0 Å². The predicted octanol–water partition coefficient (Wildman–Crippen LogP) is 4.41. The molecule has 1 atom stereocenters. The number of hydrogen-bond donors (Lipinski definition) is 0. The maximum atomic E-state index is 4.70. The number of nitrogens with zero attached hydrogens (tertiary/aromatic N) is 1. The summed E-state index contributed by atoms with van der Waals surface area (Å²) in [6.45, 7) is 6.76. The number of aliphatic imine (C=N–C) groups is 1. The molecule has 1 aliphatic rings. The summed E-state index contributed by atoms with van der Waals surface area (Å²) in [5.41, 5.74) is 2.35. The summed E-state index contributed by atoms with van der Waals surface area (Å²) in [7, 11) is 0.0240. The van der Waals surface area contributed by atoms with E-state index in [0.29, 0.717) is 0 Å². The number of hydrogen-bond acceptors (Lipinski definition) is 1. The van der Waals surface area contributed by atoms with Gasteiger partial charge in [-0.2, -0.15) is 10.5 Å². The van der Waals surface area contributed by atoms with Crippen molar-refractivity contribution >= 4 is 27.8 Å². The zero-order valence-electron chi connectivity index (χ0n) is 10.3. The van der Waals surface area contributed by atoms with Crippen LogP contribution in [-0.2, 0) is 0 Å². The van der Waals surface area contributed by atoms with Gasteiger partial charge < -0.3 is 0 Å². The van der Waals surface area contributed by atoms with Gasteiger partial charge in [-0.25, -0.2) is 0 Å². The van der Waals surface area contributed by atoms with E-state index in [2.05, 4.69) is 50.9 Å². The summed E-state index contributed by atoms with van der Waals surface area (Å²) in [6, 6.07) is 8.43. The number of fused-ring (bicyclic) bond motifs is 1. The van der Waals surface area contributed by atoms with Gasteiger partial charge in [0, 0.05) is 15.4 Å². The van der Waals surface area contributed by atoms with Gasteiger partial charge in [-0.3, -0.25) is 4.99 Å².